The quantitative estimate of drug-likeness (QED) is 0.569. The van der Waals surface area contributed by atoms with E-state index < -0.39 is 18.1 Å². The minimum atomic E-state index is -4.56. The number of pyridine rings is 1. The molecule has 33 heavy (non-hydrogen) atoms. The molecule has 2 aromatic carbocycles. The van der Waals surface area contributed by atoms with Crippen molar-refractivity contribution in [3.05, 3.63) is 65.9 Å². The Labute approximate surface area is 189 Å². The Morgan fingerprint density at radius 1 is 1.15 bits per heavy atom. The average Bonchev–Trinajstić information content (AvgIpc) is 2.82. The number of piperazine rings is 1. The topological polar surface area (TPSA) is 65.9 Å². The van der Waals surface area contributed by atoms with Gasteiger partial charge in [-0.2, -0.15) is 13.2 Å². The zero-order valence-corrected chi connectivity index (χ0v) is 18.0. The fraction of sp³-hybridized carbons (Fsp3) is 0.333. The zero-order chi connectivity index (χ0) is 23.6. The Morgan fingerprint density at radius 2 is 1.91 bits per heavy atom. The summed E-state index contributed by atoms with van der Waals surface area (Å²) in [5.41, 5.74) is 0.944. The van der Waals surface area contributed by atoms with Crippen LogP contribution in [0, 0.1) is 0 Å². The van der Waals surface area contributed by atoms with Gasteiger partial charge in [-0.15, -0.1) is 0 Å². The minimum Gasteiger partial charge on any atom is -0.494 e. The fourth-order valence-electron chi connectivity index (χ4n) is 4.36. The molecule has 1 saturated heterocycles. The first-order valence-electron chi connectivity index (χ1n) is 10.5. The van der Waals surface area contributed by atoms with E-state index in [9.17, 15) is 23.1 Å². The van der Waals surface area contributed by atoms with Crippen LogP contribution in [-0.4, -0.2) is 60.3 Å². The summed E-state index contributed by atoms with van der Waals surface area (Å²) in [6, 6.07) is 15.4. The highest BCUT2D eigenvalue weighted by Gasteiger charge is 2.34. The number of hydrogen-bond donors (Lipinski definition) is 1. The maximum Gasteiger partial charge on any atom is 0.433 e. The first-order chi connectivity index (χ1) is 15.8. The number of ether oxygens (including phenoxy) is 1. The first kappa shape index (κ1) is 23.0. The molecule has 0 spiro atoms. The van der Waals surface area contributed by atoms with Crippen LogP contribution in [0.3, 0.4) is 0 Å². The number of aromatic nitrogens is 1. The van der Waals surface area contributed by atoms with Crippen LogP contribution in [0.2, 0.25) is 0 Å². The van der Waals surface area contributed by atoms with Gasteiger partial charge in [0, 0.05) is 36.7 Å². The lowest BCUT2D eigenvalue weighted by molar-refractivity contribution is -0.141. The summed E-state index contributed by atoms with van der Waals surface area (Å²) in [4.78, 5) is 18.9. The van der Waals surface area contributed by atoms with Gasteiger partial charge in [0.1, 0.15) is 17.0 Å². The number of hydrogen-bond acceptors (Lipinski definition) is 6. The van der Waals surface area contributed by atoms with E-state index in [0.29, 0.717) is 37.7 Å². The molecule has 174 valence electrons. The number of anilines is 1. The van der Waals surface area contributed by atoms with Gasteiger partial charge in [-0.3, -0.25) is 9.69 Å². The highest BCUT2D eigenvalue weighted by molar-refractivity contribution is 5.96. The molecule has 1 aliphatic rings. The van der Waals surface area contributed by atoms with Gasteiger partial charge in [0.25, 0.3) is 0 Å². The zero-order valence-electron chi connectivity index (χ0n) is 18.0. The lowest BCUT2D eigenvalue weighted by Gasteiger charge is -2.43. The molecule has 1 N–H and O–H groups in total. The number of aliphatic hydroxyl groups excluding tert-OH is 1. The smallest absolute Gasteiger partial charge is 0.433 e. The molecule has 4 rings (SSSR count). The molecule has 6 nitrogen and oxygen atoms in total. The Hall–Kier alpha value is -3.17. The third-order valence-corrected chi connectivity index (χ3v) is 5.95. The summed E-state index contributed by atoms with van der Waals surface area (Å²) >= 11 is 0. The molecule has 2 heterocycles. The predicted molar refractivity (Wildman–Crippen MR) is 118 cm³/mol. The summed E-state index contributed by atoms with van der Waals surface area (Å²) < 4.78 is 45.0. The van der Waals surface area contributed by atoms with Gasteiger partial charge >= 0.3 is 6.18 Å². The number of carbonyl (C=O) groups is 1. The molecule has 1 aromatic heterocycles. The molecule has 0 radical (unpaired) electrons. The lowest BCUT2D eigenvalue weighted by Crippen LogP contribution is -2.58. The normalized spacial score (nSPS) is 18.3. The van der Waals surface area contributed by atoms with Crippen LogP contribution in [0.4, 0.5) is 18.9 Å². The molecule has 0 aliphatic carbocycles. The molecule has 0 bridgehead atoms. The summed E-state index contributed by atoms with van der Waals surface area (Å²) in [6.45, 7) is 1.37. The van der Waals surface area contributed by atoms with Gasteiger partial charge in [-0.05, 0) is 36.2 Å². The summed E-state index contributed by atoms with van der Waals surface area (Å²) in [5.74, 6) is 0.260. The maximum absolute atomic E-state index is 13.2. The number of methoxy groups -OCH3 is 1. The fourth-order valence-corrected chi connectivity index (χ4v) is 4.36. The number of rotatable bonds is 6. The number of aliphatic hydroxyl groups is 1. The average molecular weight is 459 g/mol. The molecule has 1 aliphatic heterocycles. The van der Waals surface area contributed by atoms with Crippen LogP contribution in [0.5, 0.6) is 5.75 Å². The van der Waals surface area contributed by atoms with E-state index in [4.69, 9.17) is 4.74 Å². The van der Waals surface area contributed by atoms with Crippen LogP contribution in [0.1, 0.15) is 11.3 Å². The summed E-state index contributed by atoms with van der Waals surface area (Å²) in [6.07, 6.45) is -4.66. The minimum absolute atomic E-state index is 0.139. The van der Waals surface area contributed by atoms with Crippen LogP contribution >= 0.6 is 0 Å². The third kappa shape index (κ3) is 4.79. The number of carbonyl (C=O) groups excluding carboxylic acids is 1. The highest BCUT2D eigenvalue weighted by Crippen LogP contribution is 2.37. The number of nitrogens with zero attached hydrogens (tertiary/aromatic N) is 3. The summed E-state index contributed by atoms with van der Waals surface area (Å²) in [7, 11) is 1.39. The number of aldehydes is 1. The molecular formula is C24H24F3N3O3. The number of fused-ring (bicyclic) bond motifs is 1. The Bertz CT molecular complexity index is 1120. The van der Waals surface area contributed by atoms with Crippen molar-refractivity contribution >= 4 is 22.9 Å². The first-order valence-corrected chi connectivity index (χ1v) is 10.5. The van der Waals surface area contributed by atoms with Crippen molar-refractivity contribution < 1.29 is 27.8 Å². The van der Waals surface area contributed by atoms with Crippen molar-refractivity contribution in [3.63, 3.8) is 0 Å². The standard InChI is InChI=1S/C24H24F3N3O3/c1-33-20-9-8-19(18-7-10-21(24(25,26)27)28-23(18)20)29-11-12-30(22(32)15-31)17(14-29)13-16-5-3-2-4-6-16/h2-10,15,17,22,32H,11-14H2,1H3/t17?,22-/m0/s1. The monoisotopic (exact) mass is 459 g/mol. The molecule has 1 unspecified atom stereocenters. The van der Waals surface area contributed by atoms with Gasteiger partial charge in [0.2, 0.25) is 0 Å². The van der Waals surface area contributed by atoms with Crippen molar-refractivity contribution in [1.29, 1.82) is 0 Å². The van der Waals surface area contributed by atoms with E-state index in [1.54, 1.807) is 11.0 Å². The van der Waals surface area contributed by atoms with Crippen molar-refractivity contribution in [3.8, 4) is 5.75 Å². The second-order valence-corrected chi connectivity index (χ2v) is 7.95. The van der Waals surface area contributed by atoms with Crippen molar-refractivity contribution in [2.24, 2.45) is 0 Å². The van der Waals surface area contributed by atoms with E-state index in [1.165, 1.54) is 13.2 Å². The number of alkyl halides is 3. The van der Waals surface area contributed by atoms with E-state index >= 15 is 0 Å². The SMILES string of the molecule is COc1ccc(N2CCN([C@@H](O)C=O)C(Cc3ccccc3)C2)c2ccc(C(F)(F)F)nc12. The maximum atomic E-state index is 13.2. The van der Waals surface area contributed by atoms with Crippen molar-refractivity contribution in [1.82, 2.24) is 9.88 Å². The molecule has 0 amide bonds. The van der Waals surface area contributed by atoms with Crippen LogP contribution in [0.25, 0.3) is 10.9 Å². The van der Waals surface area contributed by atoms with Crippen molar-refractivity contribution in [2.75, 3.05) is 31.6 Å². The van der Waals surface area contributed by atoms with Gasteiger partial charge in [0.15, 0.2) is 12.5 Å². The highest BCUT2D eigenvalue weighted by atomic mass is 19.4. The second kappa shape index (κ2) is 9.36. The van der Waals surface area contributed by atoms with E-state index in [1.807, 2.05) is 36.4 Å². The van der Waals surface area contributed by atoms with Crippen LogP contribution in [-0.2, 0) is 17.4 Å². The molecule has 1 fully saturated rings. The van der Waals surface area contributed by atoms with E-state index in [0.717, 1.165) is 17.3 Å². The molecule has 9 heteroatoms. The predicted octanol–water partition coefficient (Wildman–Crippen LogP) is 3.51. The van der Waals surface area contributed by atoms with Gasteiger partial charge in [-0.1, -0.05) is 30.3 Å². The Morgan fingerprint density at radius 3 is 2.58 bits per heavy atom. The van der Waals surface area contributed by atoms with Gasteiger partial charge in [-0.25, -0.2) is 4.98 Å². The Balaban J connectivity index is 1.70. The third-order valence-electron chi connectivity index (χ3n) is 5.95. The van der Waals surface area contributed by atoms with Gasteiger partial charge in [0.05, 0.1) is 7.11 Å². The number of halogens is 3. The number of benzene rings is 2. The van der Waals surface area contributed by atoms with Crippen molar-refractivity contribution in [2.45, 2.75) is 24.9 Å². The lowest BCUT2D eigenvalue weighted by atomic mass is 10.0. The van der Waals surface area contributed by atoms with E-state index in [2.05, 4.69) is 9.88 Å². The van der Waals surface area contributed by atoms with Crippen LogP contribution < -0.4 is 9.64 Å². The van der Waals surface area contributed by atoms with Gasteiger partial charge < -0.3 is 14.7 Å². The summed E-state index contributed by atoms with van der Waals surface area (Å²) in [5, 5.41) is 10.8. The van der Waals surface area contributed by atoms with Crippen LogP contribution in [0.15, 0.2) is 54.6 Å². The molecule has 3 aromatic rings. The molecule has 2 atom stereocenters. The van der Waals surface area contributed by atoms with E-state index in [-0.39, 0.29) is 17.3 Å². The Kier molecular flexibility index (Phi) is 6.53. The second-order valence-electron chi connectivity index (χ2n) is 7.95. The molecule has 0 saturated carbocycles. The largest absolute Gasteiger partial charge is 0.494 e. The molecular weight excluding hydrogens is 435 g/mol.